The quantitative estimate of drug-likeness (QED) is 0.618. The molecule has 0 aliphatic carbocycles. The maximum absolute atomic E-state index is 5.87. The molecule has 0 atom stereocenters. The standard InChI is InChI=1S/C7H6ClIN2S/c8-5-3-4(11-7(10)12)1-2-6(5)9/h1-3H,(H3,10,11,12). The van der Waals surface area contributed by atoms with Gasteiger partial charge in [-0.15, -0.1) is 0 Å². The molecule has 0 bridgehead atoms. The van der Waals surface area contributed by atoms with Crippen molar-refractivity contribution >= 4 is 57.2 Å². The van der Waals surface area contributed by atoms with Crippen molar-refractivity contribution in [3.05, 3.63) is 26.8 Å². The molecular weight excluding hydrogens is 307 g/mol. The average molecular weight is 313 g/mol. The molecule has 0 unspecified atom stereocenters. The Labute approximate surface area is 94.6 Å². The van der Waals surface area contributed by atoms with Crippen molar-refractivity contribution in [2.24, 2.45) is 5.73 Å². The first-order chi connectivity index (χ1) is 5.59. The average Bonchev–Trinajstić information content (AvgIpc) is 1.96. The number of rotatable bonds is 1. The first-order valence-electron chi connectivity index (χ1n) is 3.11. The Morgan fingerprint density at radius 3 is 2.75 bits per heavy atom. The smallest absolute Gasteiger partial charge is 0.168 e. The highest BCUT2D eigenvalue weighted by Crippen LogP contribution is 2.21. The molecule has 1 rings (SSSR count). The predicted molar refractivity (Wildman–Crippen MR) is 64.6 cm³/mol. The van der Waals surface area contributed by atoms with E-state index in [-0.39, 0.29) is 5.11 Å². The fraction of sp³-hybridized carbons (Fsp3) is 0. The van der Waals surface area contributed by atoms with Gasteiger partial charge in [0.1, 0.15) is 0 Å². The molecule has 12 heavy (non-hydrogen) atoms. The van der Waals surface area contributed by atoms with Crippen molar-refractivity contribution in [3.63, 3.8) is 0 Å². The summed E-state index contributed by atoms with van der Waals surface area (Å²) < 4.78 is 1.00. The molecule has 0 amide bonds. The SMILES string of the molecule is NC(=S)Nc1ccc(I)c(Cl)c1. The Balaban J connectivity index is 2.89. The van der Waals surface area contributed by atoms with E-state index in [1.165, 1.54) is 0 Å². The highest BCUT2D eigenvalue weighted by Gasteiger charge is 1.98. The summed E-state index contributed by atoms with van der Waals surface area (Å²) in [5, 5.41) is 3.73. The highest BCUT2D eigenvalue weighted by atomic mass is 127. The molecule has 0 saturated heterocycles. The van der Waals surface area contributed by atoms with Gasteiger partial charge < -0.3 is 11.1 Å². The first-order valence-corrected chi connectivity index (χ1v) is 4.97. The van der Waals surface area contributed by atoms with E-state index < -0.39 is 0 Å². The third-order valence-electron chi connectivity index (χ3n) is 1.19. The number of benzene rings is 1. The predicted octanol–water partition coefficient (Wildman–Crippen LogP) is 2.60. The summed E-state index contributed by atoms with van der Waals surface area (Å²) in [5.74, 6) is 0. The Morgan fingerprint density at radius 1 is 1.58 bits per heavy atom. The molecule has 1 aromatic carbocycles. The van der Waals surface area contributed by atoms with Crippen molar-refractivity contribution < 1.29 is 0 Å². The molecule has 0 spiro atoms. The van der Waals surface area contributed by atoms with E-state index >= 15 is 0 Å². The molecule has 64 valence electrons. The molecule has 5 heteroatoms. The van der Waals surface area contributed by atoms with Crippen LogP contribution < -0.4 is 11.1 Å². The summed E-state index contributed by atoms with van der Waals surface area (Å²) in [5.41, 5.74) is 6.10. The van der Waals surface area contributed by atoms with Gasteiger partial charge in [0.25, 0.3) is 0 Å². The van der Waals surface area contributed by atoms with E-state index in [0.717, 1.165) is 9.26 Å². The molecule has 0 aliphatic rings. The van der Waals surface area contributed by atoms with E-state index in [1.807, 2.05) is 12.1 Å². The minimum atomic E-state index is 0.243. The van der Waals surface area contributed by atoms with Crippen LogP contribution in [0.3, 0.4) is 0 Å². The minimum Gasteiger partial charge on any atom is -0.376 e. The van der Waals surface area contributed by atoms with Gasteiger partial charge in [-0.2, -0.15) is 0 Å². The number of thiocarbonyl (C=S) groups is 1. The summed E-state index contributed by atoms with van der Waals surface area (Å²) in [6.07, 6.45) is 0. The molecule has 0 heterocycles. The second-order valence-corrected chi connectivity index (χ2v) is 4.13. The minimum absolute atomic E-state index is 0.243. The zero-order chi connectivity index (χ0) is 9.14. The van der Waals surface area contributed by atoms with Crippen LogP contribution in [0.15, 0.2) is 18.2 Å². The van der Waals surface area contributed by atoms with Crippen molar-refractivity contribution in [3.8, 4) is 0 Å². The fourth-order valence-electron chi connectivity index (χ4n) is 0.716. The number of nitrogens with two attached hydrogens (primary N) is 1. The molecule has 0 radical (unpaired) electrons. The van der Waals surface area contributed by atoms with E-state index in [2.05, 4.69) is 40.1 Å². The van der Waals surface area contributed by atoms with Crippen molar-refractivity contribution in [2.45, 2.75) is 0 Å². The van der Waals surface area contributed by atoms with Gasteiger partial charge in [0, 0.05) is 9.26 Å². The second-order valence-electron chi connectivity index (χ2n) is 2.12. The lowest BCUT2D eigenvalue weighted by Crippen LogP contribution is -2.18. The maximum Gasteiger partial charge on any atom is 0.168 e. The molecule has 0 fully saturated rings. The second kappa shape index (κ2) is 4.25. The Morgan fingerprint density at radius 2 is 2.25 bits per heavy atom. The molecule has 0 aliphatic heterocycles. The zero-order valence-electron chi connectivity index (χ0n) is 5.97. The van der Waals surface area contributed by atoms with Crippen molar-refractivity contribution in [1.82, 2.24) is 0 Å². The van der Waals surface area contributed by atoms with Gasteiger partial charge in [-0.1, -0.05) is 11.6 Å². The van der Waals surface area contributed by atoms with E-state index in [9.17, 15) is 0 Å². The van der Waals surface area contributed by atoms with Crippen LogP contribution in [0.25, 0.3) is 0 Å². The summed E-state index contributed by atoms with van der Waals surface area (Å²) in [4.78, 5) is 0. The van der Waals surface area contributed by atoms with Crippen molar-refractivity contribution in [1.29, 1.82) is 0 Å². The highest BCUT2D eigenvalue weighted by molar-refractivity contribution is 14.1. The number of halogens is 2. The van der Waals surface area contributed by atoms with Gasteiger partial charge in [-0.3, -0.25) is 0 Å². The van der Waals surface area contributed by atoms with E-state index in [4.69, 9.17) is 17.3 Å². The topological polar surface area (TPSA) is 38.0 Å². The number of hydrogen-bond acceptors (Lipinski definition) is 1. The molecule has 1 aromatic rings. The number of nitrogens with one attached hydrogen (secondary N) is 1. The van der Waals surface area contributed by atoms with Crippen LogP contribution in [-0.4, -0.2) is 5.11 Å². The van der Waals surface area contributed by atoms with Crippen LogP contribution in [0.4, 0.5) is 5.69 Å². The maximum atomic E-state index is 5.87. The Hall–Kier alpha value is -0.0700. The van der Waals surface area contributed by atoms with Gasteiger partial charge in [-0.05, 0) is 53.0 Å². The Bertz CT molecular complexity index is 316. The first kappa shape index (κ1) is 10.0. The van der Waals surface area contributed by atoms with Crippen LogP contribution in [0, 0.1) is 3.57 Å². The van der Waals surface area contributed by atoms with Crippen LogP contribution >= 0.6 is 46.4 Å². The van der Waals surface area contributed by atoms with Crippen molar-refractivity contribution in [2.75, 3.05) is 5.32 Å². The Kier molecular flexibility index (Phi) is 3.54. The van der Waals surface area contributed by atoms with Crippen LogP contribution in [-0.2, 0) is 0 Å². The largest absolute Gasteiger partial charge is 0.376 e. The monoisotopic (exact) mass is 312 g/mol. The number of hydrogen-bond donors (Lipinski definition) is 2. The third-order valence-corrected chi connectivity index (χ3v) is 2.86. The van der Waals surface area contributed by atoms with Gasteiger partial charge >= 0.3 is 0 Å². The lowest BCUT2D eigenvalue weighted by Gasteiger charge is -2.04. The van der Waals surface area contributed by atoms with Gasteiger partial charge in [0.05, 0.1) is 5.02 Å². The van der Waals surface area contributed by atoms with E-state index in [0.29, 0.717) is 5.02 Å². The molecule has 2 nitrogen and oxygen atoms in total. The van der Waals surface area contributed by atoms with Crippen LogP contribution in [0.2, 0.25) is 5.02 Å². The molecule has 0 aromatic heterocycles. The lowest BCUT2D eigenvalue weighted by atomic mass is 10.3. The molecular formula is C7H6ClIN2S. The normalized spacial score (nSPS) is 9.50. The van der Waals surface area contributed by atoms with Gasteiger partial charge in [-0.25, -0.2) is 0 Å². The van der Waals surface area contributed by atoms with Crippen LogP contribution in [0.1, 0.15) is 0 Å². The lowest BCUT2D eigenvalue weighted by molar-refractivity contribution is 1.58. The molecule has 0 saturated carbocycles. The van der Waals surface area contributed by atoms with Crippen LogP contribution in [0.5, 0.6) is 0 Å². The summed E-state index contributed by atoms with van der Waals surface area (Å²) in [6, 6.07) is 5.54. The van der Waals surface area contributed by atoms with Gasteiger partial charge in [0.2, 0.25) is 0 Å². The summed E-state index contributed by atoms with van der Waals surface area (Å²) in [6.45, 7) is 0. The summed E-state index contributed by atoms with van der Waals surface area (Å²) in [7, 11) is 0. The third kappa shape index (κ3) is 2.76. The molecule has 3 N–H and O–H groups in total. The number of anilines is 1. The summed E-state index contributed by atoms with van der Waals surface area (Å²) >= 11 is 12.7. The van der Waals surface area contributed by atoms with E-state index in [1.54, 1.807) is 6.07 Å². The zero-order valence-corrected chi connectivity index (χ0v) is 9.70. The van der Waals surface area contributed by atoms with Gasteiger partial charge in [0.15, 0.2) is 5.11 Å². The fourth-order valence-corrected chi connectivity index (χ4v) is 1.35.